The predicted octanol–water partition coefficient (Wildman–Crippen LogP) is 3.21. The maximum absolute atomic E-state index is 12.9. The van der Waals surface area contributed by atoms with Crippen LogP contribution in [0.25, 0.3) is 11.1 Å². The van der Waals surface area contributed by atoms with E-state index in [2.05, 4.69) is 22.8 Å². The molecule has 2 aromatic carbocycles. The summed E-state index contributed by atoms with van der Waals surface area (Å²) in [5, 5.41) is 14.5. The van der Waals surface area contributed by atoms with Crippen LogP contribution in [-0.2, 0) is 14.3 Å². The summed E-state index contributed by atoms with van der Waals surface area (Å²) in [4.78, 5) is 38.5. The first-order valence-electron chi connectivity index (χ1n) is 11.6. The molecule has 0 saturated heterocycles. The molecule has 3 N–H and O–H groups in total. The number of fused-ring (bicyclic) bond motifs is 3. The van der Waals surface area contributed by atoms with Crippen molar-refractivity contribution in [1.82, 2.24) is 15.5 Å². The van der Waals surface area contributed by atoms with Gasteiger partial charge in [-0.15, -0.1) is 0 Å². The van der Waals surface area contributed by atoms with E-state index >= 15 is 0 Å². The van der Waals surface area contributed by atoms with Crippen molar-refractivity contribution in [1.29, 1.82) is 0 Å². The molecule has 0 heterocycles. The van der Waals surface area contributed by atoms with Crippen LogP contribution in [0.15, 0.2) is 48.5 Å². The highest BCUT2D eigenvalue weighted by atomic mass is 16.5. The topological polar surface area (TPSA) is 108 Å². The molecular weight excluding hydrogens is 434 g/mol. The lowest BCUT2D eigenvalue weighted by Crippen LogP contribution is -2.54. The number of ether oxygens (including phenoxy) is 1. The molecule has 0 aromatic heterocycles. The van der Waals surface area contributed by atoms with E-state index in [1.54, 1.807) is 19.0 Å². The third kappa shape index (κ3) is 6.35. The molecule has 0 unspecified atom stereocenters. The van der Waals surface area contributed by atoms with Crippen LogP contribution < -0.4 is 10.6 Å². The molecule has 2 aromatic rings. The molecule has 0 saturated carbocycles. The van der Waals surface area contributed by atoms with Crippen molar-refractivity contribution in [2.24, 2.45) is 0 Å². The summed E-state index contributed by atoms with van der Waals surface area (Å²) >= 11 is 0. The molecule has 0 bridgehead atoms. The molecule has 34 heavy (non-hydrogen) atoms. The van der Waals surface area contributed by atoms with Gasteiger partial charge in [0, 0.05) is 18.5 Å². The number of benzene rings is 2. The SMILES string of the molecule is CCC[C@H](CC(=O)O)NC(=O)[C@H](CN(C)C)NC(=O)OCC1c2ccccc2-c2ccccc21. The third-order valence-electron chi connectivity index (χ3n) is 5.90. The van der Waals surface area contributed by atoms with Crippen molar-refractivity contribution in [3.05, 3.63) is 59.7 Å². The van der Waals surface area contributed by atoms with Crippen molar-refractivity contribution in [2.75, 3.05) is 27.2 Å². The average molecular weight is 468 g/mol. The van der Waals surface area contributed by atoms with E-state index in [0.29, 0.717) is 6.42 Å². The Balaban J connectivity index is 1.65. The number of likely N-dealkylation sites (N-methyl/N-ethyl adjacent to an activating group) is 1. The van der Waals surface area contributed by atoms with Gasteiger partial charge in [0.1, 0.15) is 12.6 Å². The molecule has 8 nitrogen and oxygen atoms in total. The molecule has 182 valence electrons. The molecule has 1 aliphatic rings. The summed E-state index contributed by atoms with van der Waals surface area (Å²) in [6.45, 7) is 2.32. The summed E-state index contributed by atoms with van der Waals surface area (Å²) < 4.78 is 5.58. The van der Waals surface area contributed by atoms with Gasteiger partial charge in [0.15, 0.2) is 0 Å². The molecule has 0 fully saturated rings. The minimum Gasteiger partial charge on any atom is -0.481 e. The molecule has 1 aliphatic carbocycles. The summed E-state index contributed by atoms with van der Waals surface area (Å²) in [7, 11) is 3.58. The van der Waals surface area contributed by atoms with Gasteiger partial charge in [0.05, 0.1) is 6.42 Å². The number of aliphatic carboxylic acids is 1. The fourth-order valence-electron chi connectivity index (χ4n) is 4.43. The number of alkyl carbamates (subject to hydrolysis) is 1. The molecular formula is C26H33N3O5. The van der Waals surface area contributed by atoms with Crippen LogP contribution in [-0.4, -0.2) is 67.3 Å². The Bertz CT molecular complexity index is 978. The van der Waals surface area contributed by atoms with E-state index in [4.69, 9.17) is 9.84 Å². The van der Waals surface area contributed by atoms with Gasteiger partial charge in [-0.3, -0.25) is 9.59 Å². The van der Waals surface area contributed by atoms with Crippen LogP contribution in [0.5, 0.6) is 0 Å². The fraction of sp³-hybridized carbons (Fsp3) is 0.423. The summed E-state index contributed by atoms with van der Waals surface area (Å²) in [6, 6.07) is 14.8. The maximum atomic E-state index is 12.9. The lowest BCUT2D eigenvalue weighted by atomic mass is 9.98. The van der Waals surface area contributed by atoms with Gasteiger partial charge in [0.2, 0.25) is 5.91 Å². The summed E-state index contributed by atoms with van der Waals surface area (Å²) in [5.74, 6) is -1.49. The van der Waals surface area contributed by atoms with Gasteiger partial charge in [-0.25, -0.2) is 4.79 Å². The third-order valence-corrected chi connectivity index (χ3v) is 5.90. The lowest BCUT2D eigenvalue weighted by Gasteiger charge is -2.25. The standard InChI is InChI=1S/C26H33N3O5/c1-4-9-17(14-24(30)31)27-25(32)23(15-29(2)3)28-26(33)34-16-22-20-12-7-5-10-18(20)19-11-6-8-13-21(19)22/h5-8,10-13,17,22-23H,4,9,14-16H2,1-3H3,(H,27,32)(H,28,33)(H,30,31)/t17-,23+/m1/s1. The summed E-state index contributed by atoms with van der Waals surface area (Å²) in [6.07, 6.45) is 0.418. The lowest BCUT2D eigenvalue weighted by molar-refractivity contribution is -0.137. The smallest absolute Gasteiger partial charge is 0.407 e. The number of carbonyl (C=O) groups is 3. The largest absolute Gasteiger partial charge is 0.481 e. The molecule has 8 heteroatoms. The van der Waals surface area contributed by atoms with E-state index in [-0.39, 0.29) is 25.5 Å². The van der Waals surface area contributed by atoms with Gasteiger partial charge in [-0.1, -0.05) is 61.9 Å². The van der Waals surface area contributed by atoms with Gasteiger partial charge >= 0.3 is 12.1 Å². The number of hydrogen-bond donors (Lipinski definition) is 3. The van der Waals surface area contributed by atoms with Gasteiger partial charge < -0.3 is 25.4 Å². The molecule has 2 atom stereocenters. The number of carbonyl (C=O) groups excluding carboxylic acids is 2. The Morgan fingerprint density at radius 3 is 2.12 bits per heavy atom. The quantitative estimate of drug-likeness (QED) is 0.468. The number of rotatable bonds is 11. The Morgan fingerprint density at radius 1 is 1.00 bits per heavy atom. The van der Waals surface area contributed by atoms with Crippen LogP contribution in [0.2, 0.25) is 0 Å². The second kappa shape index (κ2) is 11.7. The minimum absolute atomic E-state index is 0.0798. The van der Waals surface area contributed by atoms with Crippen LogP contribution in [0, 0.1) is 0 Å². The zero-order valence-corrected chi connectivity index (χ0v) is 19.9. The number of carboxylic acid groups (broad SMARTS) is 1. The number of nitrogens with zero attached hydrogens (tertiary/aromatic N) is 1. The highest BCUT2D eigenvalue weighted by molar-refractivity contribution is 5.86. The van der Waals surface area contributed by atoms with Crippen molar-refractivity contribution in [3.63, 3.8) is 0 Å². The predicted molar refractivity (Wildman–Crippen MR) is 130 cm³/mol. The minimum atomic E-state index is -0.979. The Labute approximate surface area is 200 Å². The Hall–Kier alpha value is -3.39. The van der Waals surface area contributed by atoms with Crippen molar-refractivity contribution >= 4 is 18.0 Å². The first kappa shape index (κ1) is 25.2. The zero-order chi connectivity index (χ0) is 24.7. The van der Waals surface area contributed by atoms with Crippen molar-refractivity contribution in [2.45, 2.75) is 44.2 Å². The van der Waals surface area contributed by atoms with Crippen LogP contribution in [0.3, 0.4) is 0 Å². The van der Waals surface area contributed by atoms with Gasteiger partial charge in [0.25, 0.3) is 0 Å². The van der Waals surface area contributed by atoms with Crippen molar-refractivity contribution in [3.8, 4) is 11.1 Å². The van der Waals surface area contributed by atoms with Gasteiger partial charge in [-0.2, -0.15) is 0 Å². The average Bonchev–Trinajstić information content (AvgIpc) is 3.10. The van der Waals surface area contributed by atoms with E-state index < -0.39 is 30.1 Å². The maximum Gasteiger partial charge on any atom is 0.407 e. The number of hydrogen-bond acceptors (Lipinski definition) is 5. The van der Waals surface area contributed by atoms with E-state index in [9.17, 15) is 14.4 Å². The molecule has 0 radical (unpaired) electrons. The van der Waals surface area contributed by atoms with Crippen LogP contribution >= 0.6 is 0 Å². The van der Waals surface area contributed by atoms with E-state index in [1.165, 1.54) is 0 Å². The molecule has 0 aliphatic heterocycles. The second-order valence-corrected chi connectivity index (χ2v) is 8.88. The highest BCUT2D eigenvalue weighted by Crippen LogP contribution is 2.44. The zero-order valence-electron chi connectivity index (χ0n) is 19.9. The van der Waals surface area contributed by atoms with Gasteiger partial charge in [-0.05, 0) is 42.8 Å². The first-order chi connectivity index (χ1) is 16.3. The fourth-order valence-corrected chi connectivity index (χ4v) is 4.43. The van der Waals surface area contributed by atoms with E-state index in [0.717, 1.165) is 28.7 Å². The number of amides is 2. The Kier molecular flexibility index (Phi) is 8.65. The second-order valence-electron chi connectivity index (χ2n) is 8.88. The monoisotopic (exact) mass is 467 g/mol. The van der Waals surface area contributed by atoms with Crippen molar-refractivity contribution < 1.29 is 24.2 Å². The molecule has 0 spiro atoms. The molecule has 2 amide bonds. The highest BCUT2D eigenvalue weighted by Gasteiger charge is 2.30. The van der Waals surface area contributed by atoms with E-state index in [1.807, 2.05) is 43.3 Å². The first-order valence-corrected chi connectivity index (χ1v) is 11.6. The Morgan fingerprint density at radius 2 is 1.59 bits per heavy atom. The summed E-state index contributed by atoms with van der Waals surface area (Å²) in [5.41, 5.74) is 4.49. The normalized spacial score (nSPS) is 14.1. The van der Waals surface area contributed by atoms with Crippen LogP contribution in [0.1, 0.15) is 43.2 Å². The number of carboxylic acids is 1. The number of nitrogens with one attached hydrogen (secondary N) is 2. The molecule has 3 rings (SSSR count). The van der Waals surface area contributed by atoms with Crippen LogP contribution in [0.4, 0.5) is 4.79 Å².